The van der Waals surface area contributed by atoms with Crippen LogP contribution in [0.15, 0.2) is 0 Å². The summed E-state index contributed by atoms with van der Waals surface area (Å²) in [4.78, 5) is 9.32. The van der Waals surface area contributed by atoms with Crippen LogP contribution >= 0.6 is 0 Å². The van der Waals surface area contributed by atoms with E-state index in [1.54, 1.807) is 0 Å². The van der Waals surface area contributed by atoms with Crippen LogP contribution in [-0.4, -0.2) is 23.9 Å². The standard InChI is InChI=1S/C3H4F2O2.Cd/c4-1-2(5)3(6)7;/h2H,1H2,(H,6,7);. The molecule has 0 radical (unpaired) electrons. The van der Waals surface area contributed by atoms with Crippen molar-refractivity contribution < 1.29 is 46.0 Å². The predicted molar refractivity (Wildman–Crippen MR) is 18.5 cm³/mol. The number of halogens is 2. The molecule has 0 aromatic carbocycles. The minimum absolute atomic E-state index is 0. The third-order valence-electron chi connectivity index (χ3n) is 0.403. The van der Waals surface area contributed by atoms with E-state index in [4.69, 9.17) is 5.11 Å². The average Bonchev–Trinajstić information content (AvgIpc) is 1.65. The molecule has 1 unspecified atom stereocenters. The van der Waals surface area contributed by atoms with E-state index in [2.05, 4.69) is 0 Å². The summed E-state index contributed by atoms with van der Waals surface area (Å²) in [6, 6.07) is 0. The molecule has 44 valence electrons. The molecule has 0 rings (SSSR count). The van der Waals surface area contributed by atoms with Gasteiger partial charge in [-0.3, -0.25) is 0 Å². The fraction of sp³-hybridized carbons (Fsp3) is 0.667. The summed E-state index contributed by atoms with van der Waals surface area (Å²) in [7, 11) is 0. The van der Waals surface area contributed by atoms with Crippen molar-refractivity contribution in [2.24, 2.45) is 0 Å². The van der Waals surface area contributed by atoms with E-state index in [-0.39, 0.29) is 27.3 Å². The summed E-state index contributed by atoms with van der Waals surface area (Å²) in [5.41, 5.74) is 0. The summed E-state index contributed by atoms with van der Waals surface area (Å²) in [6.45, 7) is -1.45. The van der Waals surface area contributed by atoms with Gasteiger partial charge in [0.05, 0.1) is 0 Å². The Labute approximate surface area is 65.0 Å². The number of carbonyl (C=O) groups is 1. The average molecular weight is 222 g/mol. The molecule has 0 aliphatic carbocycles. The van der Waals surface area contributed by atoms with Crippen molar-refractivity contribution in [1.29, 1.82) is 0 Å². The van der Waals surface area contributed by atoms with Gasteiger partial charge in [-0.25, -0.2) is 13.6 Å². The maximum Gasteiger partial charge on any atom is 0.341 e. The maximum absolute atomic E-state index is 11.3. The fourth-order valence-corrected chi connectivity index (χ4v) is 0.0660. The van der Waals surface area contributed by atoms with Gasteiger partial charge >= 0.3 is 5.97 Å². The first-order valence-corrected chi connectivity index (χ1v) is 1.61. The Kier molecular flexibility index (Phi) is 7.48. The van der Waals surface area contributed by atoms with Crippen LogP contribution in [0.1, 0.15) is 0 Å². The zero-order chi connectivity index (χ0) is 5.86. The SMILES string of the molecule is O=C(O)C(F)CF.[Cd]. The van der Waals surface area contributed by atoms with Gasteiger partial charge < -0.3 is 5.11 Å². The molecule has 1 atom stereocenters. The molecular weight excluding hydrogens is 218 g/mol. The predicted octanol–water partition coefficient (Wildman–Crippen LogP) is 0.376. The molecule has 0 aliphatic heterocycles. The normalized spacial score (nSPS) is 11.8. The number of carboxylic acid groups (broad SMARTS) is 1. The van der Waals surface area contributed by atoms with E-state index < -0.39 is 18.8 Å². The summed E-state index contributed by atoms with van der Waals surface area (Å²) in [5, 5.41) is 7.57. The van der Waals surface area contributed by atoms with Crippen molar-refractivity contribution in [3.8, 4) is 0 Å². The zero-order valence-corrected chi connectivity index (χ0v) is 8.14. The summed E-state index contributed by atoms with van der Waals surface area (Å²) in [6.07, 6.45) is -2.35. The smallest absolute Gasteiger partial charge is 0.341 e. The molecule has 0 spiro atoms. The van der Waals surface area contributed by atoms with Gasteiger partial charge in [-0.05, 0) is 0 Å². The first kappa shape index (κ1) is 11.1. The molecular formula is C3H4CdF2O2. The molecule has 0 aliphatic rings. The van der Waals surface area contributed by atoms with Gasteiger partial charge in [-0.2, -0.15) is 0 Å². The van der Waals surface area contributed by atoms with Crippen LogP contribution in [0.25, 0.3) is 0 Å². The van der Waals surface area contributed by atoms with Gasteiger partial charge in [0, 0.05) is 27.3 Å². The zero-order valence-electron chi connectivity index (χ0n) is 4.10. The molecule has 8 heavy (non-hydrogen) atoms. The van der Waals surface area contributed by atoms with E-state index >= 15 is 0 Å². The molecule has 0 saturated heterocycles. The molecule has 0 fully saturated rings. The number of aliphatic carboxylic acids is 1. The van der Waals surface area contributed by atoms with E-state index in [1.807, 2.05) is 0 Å². The Balaban J connectivity index is 0. The van der Waals surface area contributed by atoms with Crippen molar-refractivity contribution in [3.05, 3.63) is 0 Å². The molecule has 0 amide bonds. The van der Waals surface area contributed by atoms with Crippen LogP contribution in [0.3, 0.4) is 0 Å². The van der Waals surface area contributed by atoms with Gasteiger partial charge in [-0.15, -0.1) is 0 Å². The summed E-state index contributed by atoms with van der Waals surface area (Å²) < 4.78 is 22.2. The van der Waals surface area contributed by atoms with Gasteiger partial charge in [0.15, 0.2) is 0 Å². The number of hydrogen-bond acceptors (Lipinski definition) is 1. The molecule has 1 N–H and O–H groups in total. The first-order chi connectivity index (χ1) is 3.18. The Hall–Kier alpha value is 0.252. The molecule has 0 saturated carbocycles. The minimum atomic E-state index is -2.35. The summed E-state index contributed by atoms with van der Waals surface area (Å²) >= 11 is 0. The van der Waals surface area contributed by atoms with E-state index in [0.29, 0.717) is 0 Å². The number of carboxylic acids is 1. The topological polar surface area (TPSA) is 37.3 Å². The fourth-order valence-electron chi connectivity index (χ4n) is 0.0660. The second-order valence-electron chi connectivity index (χ2n) is 0.960. The van der Waals surface area contributed by atoms with Gasteiger partial charge in [-0.1, -0.05) is 0 Å². The van der Waals surface area contributed by atoms with E-state index in [9.17, 15) is 13.6 Å². The van der Waals surface area contributed by atoms with Crippen molar-refractivity contribution in [1.82, 2.24) is 0 Å². The third-order valence-corrected chi connectivity index (χ3v) is 0.403. The number of alkyl halides is 2. The van der Waals surface area contributed by atoms with Gasteiger partial charge in [0.25, 0.3) is 0 Å². The van der Waals surface area contributed by atoms with Crippen LogP contribution in [0.4, 0.5) is 8.78 Å². The second-order valence-corrected chi connectivity index (χ2v) is 0.960. The molecule has 0 bridgehead atoms. The monoisotopic (exact) mass is 224 g/mol. The van der Waals surface area contributed by atoms with Crippen molar-refractivity contribution in [2.75, 3.05) is 6.67 Å². The van der Waals surface area contributed by atoms with Gasteiger partial charge in [0.2, 0.25) is 6.17 Å². The number of hydrogen-bond donors (Lipinski definition) is 1. The Morgan fingerprint density at radius 2 is 2.12 bits per heavy atom. The van der Waals surface area contributed by atoms with Crippen molar-refractivity contribution >= 4 is 5.97 Å². The molecule has 0 aromatic heterocycles. The van der Waals surface area contributed by atoms with Crippen LogP contribution in [0.5, 0.6) is 0 Å². The molecule has 0 heterocycles. The molecule has 2 nitrogen and oxygen atoms in total. The second kappa shape index (κ2) is 5.39. The number of rotatable bonds is 2. The van der Waals surface area contributed by atoms with E-state index in [1.165, 1.54) is 0 Å². The van der Waals surface area contributed by atoms with Crippen molar-refractivity contribution in [3.63, 3.8) is 0 Å². The Bertz CT molecular complexity index is 77.7. The van der Waals surface area contributed by atoms with Crippen LogP contribution in [0, 0.1) is 0 Å². The third kappa shape index (κ3) is 4.41. The molecule has 5 heteroatoms. The Morgan fingerprint density at radius 1 is 1.75 bits per heavy atom. The van der Waals surface area contributed by atoms with Crippen molar-refractivity contribution in [2.45, 2.75) is 6.17 Å². The van der Waals surface area contributed by atoms with Crippen LogP contribution < -0.4 is 0 Å². The maximum atomic E-state index is 11.3. The van der Waals surface area contributed by atoms with E-state index in [0.717, 1.165) is 0 Å². The summed E-state index contributed by atoms with van der Waals surface area (Å²) in [5.74, 6) is -1.75. The van der Waals surface area contributed by atoms with Crippen LogP contribution in [0.2, 0.25) is 0 Å². The first-order valence-electron chi connectivity index (χ1n) is 1.61. The van der Waals surface area contributed by atoms with Gasteiger partial charge in [0.1, 0.15) is 6.67 Å². The largest absolute Gasteiger partial charge is 0.479 e. The molecule has 0 aromatic rings. The minimum Gasteiger partial charge on any atom is -0.479 e. The quantitative estimate of drug-likeness (QED) is 0.686. The van der Waals surface area contributed by atoms with Crippen LogP contribution in [-0.2, 0) is 32.1 Å². The Morgan fingerprint density at radius 3 is 2.12 bits per heavy atom.